The fraction of sp³-hybridized carbons (Fsp3) is 0.545. The highest BCUT2D eigenvalue weighted by molar-refractivity contribution is 7.91. The van der Waals surface area contributed by atoms with Crippen molar-refractivity contribution in [1.82, 2.24) is 15.4 Å². The molecule has 0 bridgehead atoms. The molecule has 0 aliphatic heterocycles. The molecule has 0 unspecified atom stereocenters. The molecule has 0 aromatic carbocycles. The maximum absolute atomic E-state index is 11.7. The molecule has 0 atom stereocenters. The molecular formula is C11H19N3O4S2. The van der Waals surface area contributed by atoms with E-state index in [0.717, 1.165) is 11.3 Å². The summed E-state index contributed by atoms with van der Waals surface area (Å²) in [5.74, 6) is -0.362. The van der Waals surface area contributed by atoms with Crippen molar-refractivity contribution in [2.24, 2.45) is 0 Å². The molecule has 0 spiro atoms. The molecular weight excluding hydrogens is 302 g/mol. The highest BCUT2D eigenvalue weighted by atomic mass is 32.2. The monoisotopic (exact) mass is 321 g/mol. The minimum absolute atomic E-state index is 0.200. The lowest BCUT2D eigenvalue weighted by Crippen LogP contribution is -2.39. The summed E-state index contributed by atoms with van der Waals surface area (Å²) in [6, 6.07) is 3.13. The summed E-state index contributed by atoms with van der Waals surface area (Å²) in [6.07, 6.45) is 0. The largest absolute Gasteiger partial charge is 0.383 e. The van der Waals surface area contributed by atoms with Gasteiger partial charge in [-0.15, -0.1) is 11.3 Å². The van der Waals surface area contributed by atoms with E-state index in [-0.39, 0.29) is 16.7 Å². The number of hydrogen-bond donors (Lipinski definition) is 3. The number of methoxy groups -OCH3 is 1. The van der Waals surface area contributed by atoms with E-state index in [4.69, 9.17) is 4.74 Å². The van der Waals surface area contributed by atoms with Crippen LogP contribution in [0.4, 0.5) is 0 Å². The van der Waals surface area contributed by atoms with Gasteiger partial charge >= 0.3 is 0 Å². The van der Waals surface area contributed by atoms with Crippen molar-refractivity contribution < 1.29 is 17.9 Å². The summed E-state index contributed by atoms with van der Waals surface area (Å²) in [6.45, 7) is 2.08. The standard InChI is InChI=1S/C11H19N3O4S2/c1-18-7-6-12-4-5-13-10(15)9-14-20(16,17)11-3-2-8-19-11/h2-3,8,12,14H,4-7,9H2,1H3,(H,13,15). The Morgan fingerprint density at radius 3 is 2.80 bits per heavy atom. The Labute approximate surface area is 122 Å². The van der Waals surface area contributed by atoms with E-state index in [9.17, 15) is 13.2 Å². The number of carbonyl (C=O) groups excluding carboxylic acids is 1. The van der Waals surface area contributed by atoms with E-state index in [2.05, 4.69) is 15.4 Å². The molecule has 3 N–H and O–H groups in total. The second-order valence-electron chi connectivity index (χ2n) is 3.85. The van der Waals surface area contributed by atoms with Crippen molar-refractivity contribution in [3.8, 4) is 0 Å². The number of thiophene rings is 1. The Morgan fingerprint density at radius 1 is 1.35 bits per heavy atom. The molecule has 20 heavy (non-hydrogen) atoms. The smallest absolute Gasteiger partial charge is 0.250 e. The van der Waals surface area contributed by atoms with Crippen molar-refractivity contribution in [2.75, 3.05) is 39.9 Å². The van der Waals surface area contributed by atoms with E-state index < -0.39 is 10.0 Å². The van der Waals surface area contributed by atoms with Crippen LogP contribution in [0.3, 0.4) is 0 Å². The lowest BCUT2D eigenvalue weighted by Gasteiger charge is -2.07. The summed E-state index contributed by atoms with van der Waals surface area (Å²) in [4.78, 5) is 11.5. The molecule has 7 nitrogen and oxygen atoms in total. The molecule has 0 radical (unpaired) electrons. The summed E-state index contributed by atoms with van der Waals surface area (Å²) < 4.78 is 30.8. The van der Waals surface area contributed by atoms with Crippen molar-refractivity contribution in [1.29, 1.82) is 0 Å². The summed E-state index contributed by atoms with van der Waals surface area (Å²) in [5, 5.41) is 7.34. The van der Waals surface area contributed by atoms with Gasteiger partial charge in [0.2, 0.25) is 5.91 Å². The first-order valence-corrected chi connectivity index (χ1v) is 8.42. The number of hydrogen-bond acceptors (Lipinski definition) is 6. The van der Waals surface area contributed by atoms with Crippen LogP contribution in [0.5, 0.6) is 0 Å². The zero-order chi connectivity index (χ0) is 14.8. The van der Waals surface area contributed by atoms with E-state index in [1.54, 1.807) is 18.6 Å². The first-order valence-electron chi connectivity index (χ1n) is 6.06. The highest BCUT2D eigenvalue weighted by Gasteiger charge is 2.15. The van der Waals surface area contributed by atoms with Gasteiger partial charge in [-0.25, -0.2) is 13.1 Å². The molecule has 0 saturated carbocycles. The molecule has 1 amide bonds. The molecule has 9 heteroatoms. The van der Waals surface area contributed by atoms with Gasteiger partial charge in [-0.1, -0.05) is 6.07 Å². The van der Waals surface area contributed by atoms with Gasteiger partial charge in [0, 0.05) is 26.7 Å². The number of rotatable bonds is 10. The normalized spacial score (nSPS) is 11.4. The van der Waals surface area contributed by atoms with E-state index >= 15 is 0 Å². The molecule has 0 aliphatic carbocycles. The zero-order valence-corrected chi connectivity index (χ0v) is 12.9. The number of carbonyl (C=O) groups is 1. The van der Waals surface area contributed by atoms with Crippen LogP contribution in [-0.4, -0.2) is 54.2 Å². The van der Waals surface area contributed by atoms with Gasteiger partial charge in [0.15, 0.2) is 0 Å². The SMILES string of the molecule is COCCNCCNC(=O)CNS(=O)(=O)c1cccs1. The Balaban J connectivity index is 2.17. The molecule has 0 fully saturated rings. The van der Waals surface area contributed by atoms with Gasteiger partial charge in [-0.2, -0.15) is 0 Å². The van der Waals surface area contributed by atoms with Crippen LogP contribution in [0.25, 0.3) is 0 Å². The lowest BCUT2D eigenvalue weighted by molar-refractivity contribution is -0.119. The predicted octanol–water partition coefficient (Wildman–Crippen LogP) is -0.621. The first-order chi connectivity index (χ1) is 9.56. The minimum atomic E-state index is -3.58. The molecule has 1 heterocycles. The Morgan fingerprint density at radius 2 is 2.15 bits per heavy atom. The second kappa shape index (κ2) is 9.03. The minimum Gasteiger partial charge on any atom is -0.383 e. The Hall–Kier alpha value is -1.00. The Kier molecular flexibility index (Phi) is 7.70. The van der Waals surface area contributed by atoms with Crippen molar-refractivity contribution in [2.45, 2.75) is 4.21 Å². The Bertz CT molecular complexity index is 488. The second-order valence-corrected chi connectivity index (χ2v) is 6.79. The van der Waals surface area contributed by atoms with Crippen molar-refractivity contribution in [3.63, 3.8) is 0 Å². The van der Waals surface area contributed by atoms with Gasteiger partial charge in [0.05, 0.1) is 13.2 Å². The van der Waals surface area contributed by atoms with Crippen LogP contribution in [0.15, 0.2) is 21.7 Å². The molecule has 1 rings (SSSR count). The number of sulfonamides is 1. The van der Waals surface area contributed by atoms with Gasteiger partial charge in [-0.3, -0.25) is 4.79 Å². The maximum Gasteiger partial charge on any atom is 0.250 e. The third kappa shape index (κ3) is 6.44. The predicted molar refractivity (Wildman–Crippen MR) is 77.3 cm³/mol. The van der Waals surface area contributed by atoms with Gasteiger partial charge in [-0.05, 0) is 11.4 Å². The molecule has 114 valence electrons. The topological polar surface area (TPSA) is 96.5 Å². The molecule has 1 aromatic heterocycles. The van der Waals surface area contributed by atoms with Gasteiger partial charge in [0.25, 0.3) is 10.0 Å². The van der Waals surface area contributed by atoms with Crippen LogP contribution in [-0.2, 0) is 19.6 Å². The van der Waals surface area contributed by atoms with Crippen molar-refractivity contribution in [3.05, 3.63) is 17.5 Å². The third-order valence-corrected chi connectivity index (χ3v) is 5.09. The van der Waals surface area contributed by atoms with Crippen LogP contribution in [0.2, 0.25) is 0 Å². The average molecular weight is 321 g/mol. The van der Waals surface area contributed by atoms with Crippen molar-refractivity contribution >= 4 is 27.3 Å². The highest BCUT2D eigenvalue weighted by Crippen LogP contribution is 2.14. The van der Waals surface area contributed by atoms with Gasteiger partial charge < -0.3 is 15.4 Å². The summed E-state index contributed by atoms with van der Waals surface area (Å²) >= 11 is 1.11. The summed E-state index contributed by atoms with van der Waals surface area (Å²) in [7, 11) is -1.96. The van der Waals surface area contributed by atoms with Gasteiger partial charge in [0.1, 0.15) is 4.21 Å². The van der Waals surface area contributed by atoms with Crippen LogP contribution in [0, 0.1) is 0 Å². The first kappa shape index (κ1) is 17.1. The van der Waals surface area contributed by atoms with Crippen LogP contribution >= 0.6 is 11.3 Å². The average Bonchev–Trinajstić information content (AvgIpc) is 2.95. The maximum atomic E-state index is 11.7. The quantitative estimate of drug-likeness (QED) is 0.499. The van der Waals surface area contributed by atoms with Crippen LogP contribution < -0.4 is 15.4 Å². The molecule has 0 saturated heterocycles. The lowest BCUT2D eigenvalue weighted by atomic mass is 10.5. The van der Waals surface area contributed by atoms with E-state index in [1.807, 2.05) is 0 Å². The third-order valence-electron chi connectivity index (χ3n) is 2.29. The fourth-order valence-electron chi connectivity index (χ4n) is 1.30. The molecule has 0 aliphatic rings. The van der Waals surface area contributed by atoms with E-state index in [0.29, 0.717) is 26.2 Å². The zero-order valence-electron chi connectivity index (χ0n) is 11.2. The number of ether oxygens (including phenoxy) is 1. The fourth-order valence-corrected chi connectivity index (χ4v) is 3.32. The molecule has 1 aromatic rings. The van der Waals surface area contributed by atoms with Crippen LogP contribution in [0.1, 0.15) is 0 Å². The summed E-state index contributed by atoms with van der Waals surface area (Å²) in [5.41, 5.74) is 0. The number of nitrogens with one attached hydrogen (secondary N) is 3. The van der Waals surface area contributed by atoms with E-state index in [1.165, 1.54) is 6.07 Å². The number of amides is 1.